The number of rotatable bonds is 34. The number of likely N-dealkylation sites (N-methyl/N-ethyl adjacent to an activating group) is 1. The maximum absolute atomic E-state index is 3.77. The Morgan fingerprint density at radius 1 is 0.467 bits per heavy atom. The van der Waals surface area contributed by atoms with Gasteiger partial charge in [0.15, 0.2) is 0 Å². The second-order valence-corrected chi connectivity index (χ2v) is 14.0. The topological polar surface area (TPSA) is 18.3 Å². The van der Waals surface area contributed by atoms with Crippen LogP contribution in [0.5, 0.6) is 0 Å². The second-order valence-electron chi connectivity index (χ2n) is 14.0. The summed E-state index contributed by atoms with van der Waals surface area (Å²) in [5, 5.41) is 2.61. The first-order valence-electron chi connectivity index (χ1n) is 20.0. The van der Waals surface area contributed by atoms with Crippen LogP contribution in [0.15, 0.2) is 48.6 Å². The summed E-state index contributed by atoms with van der Waals surface area (Å²) in [4.78, 5) is 2.28. The Balaban J connectivity index is 2.03. The van der Waals surface area contributed by atoms with Gasteiger partial charge in [0.25, 0.3) is 0 Å². The van der Waals surface area contributed by atoms with Crippen molar-refractivity contribution in [1.82, 2.24) is 15.3 Å². The van der Waals surface area contributed by atoms with Gasteiger partial charge in [-0.05, 0) is 91.1 Å². The Labute approximate surface area is 283 Å². The van der Waals surface area contributed by atoms with Gasteiger partial charge in [0, 0.05) is 25.2 Å². The third-order valence-electron chi connectivity index (χ3n) is 9.32. The Morgan fingerprint density at radius 2 is 0.822 bits per heavy atom. The van der Waals surface area contributed by atoms with Crippen LogP contribution >= 0.6 is 0 Å². The van der Waals surface area contributed by atoms with Crippen LogP contribution in [0.3, 0.4) is 0 Å². The van der Waals surface area contributed by atoms with Crippen LogP contribution in [0.25, 0.3) is 0 Å². The van der Waals surface area contributed by atoms with E-state index in [4.69, 9.17) is 0 Å². The summed E-state index contributed by atoms with van der Waals surface area (Å²) in [6, 6.07) is 1.58. The van der Waals surface area contributed by atoms with Gasteiger partial charge in [0.2, 0.25) is 0 Å². The van der Waals surface area contributed by atoms with E-state index in [9.17, 15) is 0 Å². The molecule has 0 aliphatic carbocycles. The minimum Gasteiger partial charge on any atom is -0.308 e. The summed E-state index contributed by atoms with van der Waals surface area (Å²) in [7, 11) is 4.35. The molecule has 0 radical (unpaired) electrons. The van der Waals surface area contributed by atoms with Crippen LogP contribution in [0.2, 0.25) is 0 Å². The average Bonchev–Trinajstić information content (AvgIpc) is 3.70. The summed E-state index contributed by atoms with van der Waals surface area (Å²) >= 11 is 0. The van der Waals surface area contributed by atoms with E-state index in [0.717, 1.165) is 38.0 Å². The molecule has 3 heteroatoms. The van der Waals surface area contributed by atoms with Gasteiger partial charge in [-0.1, -0.05) is 152 Å². The van der Waals surface area contributed by atoms with Gasteiger partial charge in [-0.3, -0.25) is 5.43 Å². The molecule has 1 rings (SSSR count). The summed E-state index contributed by atoms with van der Waals surface area (Å²) in [5.41, 5.74) is 3.77. The first-order chi connectivity index (χ1) is 22.2. The smallest absolute Gasteiger partial charge is 0.0417 e. The lowest BCUT2D eigenvalue weighted by Gasteiger charge is -2.12. The van der Waals surface area contributed by atoms with Crippen LogP contribution in [-0.4, -0.2) is 49.2 Å². The van der Waals surface area contributed by atoms with E-state index in [1.807, 2.05) is 0 Å². The number of nitrogens with zero attached hydrogens (tertiary/aromatic N) is 2. The van der Waals surface area contributed by atoms with Gasteiger partial charge in [-0.25, -0.2) is 5.01 Å². The van der Waals surface area contributed by atoms with Crippen LogP contribution < -0.4 is 5.43 Å². The van der Waals surface area contributed by atoms with Gasteiger partial charge < -0.3 is 4.90 Å². The zero-order chi connectivity index (χ0) is 32.5. The van der Waals surface area contributed by atoms with Gasteiger partial charge in [0.05, 0.1) is 0 Å². The third-order valence-corrected chi connectivity index (χ3v) is 9.32. The molecular weight excluding hydrogens is 546 g/mol. The van der Waals surface area contributed by atoms with Crippen molar-refractivity contribution in [3.05, 3.63) is 48.6 Å². The lowest BCUT2D eigenvalue weighted by molar-refractivity contribution is 0.301. The summed E-state index contributed by atoms with van der Waals surface area (Å²) < 4.78 is 0. The zero-order valence-corrected chi connectivity index (χ0v) is 31.0. The Bertz CT molecular complexity index is 667. The quantitative estimate of drug-likeness (QED) is 0.0436. The molecule has 0 bridgehead atoms. The molecule has 45 heavy (non-hydrogen) atoms. The SMILES string of the molecule is CCCCC/C=C\C/C=C\CCCCCCCCC1C(CCCCCCCC/C=C\C/C=C\CCCCC)N1NCCN(C)C. The van der Waals surface area contributed by atoms with Crippen LogP contribution in [0, 0.1) is 0 Å². The Kier molecular flexibility index (Phi) is 30.5. The minimum absolute atomic E-state index is 0.788. The third kappa shape index (κ3) is 27.6. The standard InChI is InChI=1S/C42H79N3/c1-5-7-9-11-13-15-17-19-21-23-25-27-29-31-33-35-37-41-42(45(41)43-39-40-44(3)4)38-36-34-32-30-28-26-24-22-20-18-16-14-12-10-8-6-2/h13-16,19-22,41-43H,5-12,17-18,23-40H2,1-4H3/b15-13-,16-14-,21-19-,22-20-. The van der Waals surface area contributed by atoms with Gasteiger partial charge in [-0.2, -0.15) is 0 Å². The molecule has 0 amide bonds. The molecule has 0 spiro atoms. The molecule has 1 heterocycles. The number of hydrazine groups is 1. The van der Waals surface area contributed by atoms with Crippen molar-refractivity contribution in [1.29, 1.82) is 0 Å². The summed E-state index contributed by atoms with van der Waals surface area (Å²) in [6.07, 6.45) is 53.8. The maximum Gasteiger partial charge on any atom is 0.0417 e. The van der Waals surface area contributed by atoms with E-state index in [0.29, 0.717) is 0 Å². The first-order valence-corrected chi connectivity index (χ1v) is 20.0. The van der Waals surface area contributed by atoms with Crippen molar-refractivity contribution in [3.63, 3.8) is 0 Å². The van der Waals surface area contributed by atoms with Gasteiger partial charge in [-0.15, -0.1) is 0 Å². The van der Waals surface area contributed by atoms with Crippen molar-refractivity contribution in [2.45, 2.75) is 193 Å². The molecule has 2 atom stereocenters. The van der Waals surface area contributed by atoms with E-state index >= 15 is 0 Å². The molecule has 262 valence electrons. The zero-order valence-electron chi connectivity index (χ0n) is 31.0. The highest BCUT2D eigenvalue weighted by Gasteiger charge is 2.45. The maximum atomic E-state index is 3.77. The van der Waals surface area contributed by atoms with Crippen molar-refractivity contribution in [2.75, 3.05) is 27.2 Å². The molecule has 0 aromatic heterocycles. The molecule has 0 aromatic rings. The van der Waals surface area contributed by atoms with Gasteiger partial charge >= 0.3 is 0 Å². The van der Waals surface area contributed by atoms with E-state index < -0.39 is 0 Å². The van der Waals surface area contributed by atoms with Gasteiger partial charge in [0.1, 0.15) is 0 Å². The molecule has 1 saturated heterocycles. The molecule has 3 nitrogen and oxygen atoms in total. The molecule has 1 aliphatic rings. The second kappa shape index (κ2) is 32.8. The number of hydrogen-bond donors (Lipinski definition) is 1. The molecule has 1 fully saturated rings. The Morgan fingerprint density at radius 3 is 1.20 bits per heavy atom. The largest absolute Gasteiger partial charge is 0.308 e. The normalized spacial score (nSPS) is 18.6. The fraction of sp³-hybridized carbons (Fsp3) is 0.810. The number of unbranched alkanes of at least 4 members (excludes halogenated alkanes) is 18. The van der Waals surface area contributed by atoms with Crippen molar-refractivity contribution in [2.24, 2.45) is 0 Å². The van der Waals surface area contributed by atoms with Crippen LogP contribution in [0.4, 0.5) is 0 Å². The molecule has 1 N–H and O–H groups in total. The van der Waals surface area contributed by atoms with Crippen molar-refractivity contribution < 1.29 is 0 Å². The van der Waals surface area contributed by atoms with E-state index in [1.54, 1.807) is 0 Å². The average molecular weight is 626 g/mol. The minimum atomic E-state index is 0.788. The number of hydrogen-bond acceptors (Lipinski definition) is 3. The summed E-state index contributed by atoms with van der Waals surface area (Å²) in [5.74, 6) is 0. The highest BCUT2D eigenvalue weighted by atomic mass is 15.6. The molecule has 0 saturated carbocycles. The fourth-order valence-corrected chi connectivity index (χ4v) is 6.32. The molecule has 1 aliphatic heterocycles. The van der Waals surface area contributed by atoms with Crippen LogP contribution in [0.1, 0.15) is 181 Å². The van der Waals surface area contributed by atoms with E-state index in [2.05, 4.69) is 91.9 Å². The van der Waals surface area contributed by atoms with Crippen molar-refractivity contribution >= 4 is 0 Å². The van der Waals surface area contributed by atoms with Crippen LogP contribution in [-0.2, 0) is 0 Å². The van der Waals surface area contributed by atoms with Crippen molar-refractivity contribution in [3.8, 4) is 0 Å². The summed E-state index contributed by atoms with van der Waals surface area (Å²) in [6.45, 7) is 6.74. The lowest BCUT2D eigenvalue weighted by Crippen LogP contribution is -2.32. The number of allylic oxidation sites excluding steroid dienone is 8. The Hall–Kier alpha value is -1.16. The van der Waals surface area contributed by atoms with E-state index in [1.165, 1.54) is 154 Å². The number of nitrogens with one attached hydrogen (secondary N) is 1. The highest BCUT2D eigenvalue weighted by Crippen LogP contribution is 2.34. The highest BCUT2D eigenvalue weighted by molar-refractivity contribution is 4.99. The predicted octanol–water partition coefficient (Wildman–Crippen LogP) is 12.5. The predicted molar refractivity (Wildman–Crippen MR) is 204 cm³/mol. The first kappa shape index (κ1) is 41.9. The molecular formula is C42H79N3. The molecule has 0 aromatic carbocycles. The van der Waals surface area contributed by atoms with E-state index in [-0.39, 0.29) is 0 Å². The fourth-order valence-electron chi connectivity index (χ4n) is 6.32. The lowest BCUT2D eigenvalue weighted by atomic mass is 10.0. The monoisotopic (exact) mass is 626 g/mol. The molecule has 2 unspecified atom stereocenters.